The molecule has 0 aliphatic carbocycles. The molecule has 3 aromatic heterocycles. The molecule has 0 unspecified atom stereocenters. The van der Waals surface area contributed by atoms with Gasteiger partial charge >= 0.3 is 0 Å². The summed E-state index contributed by atoms with van der Waals surface area (Å²) in [5, 5.41) is 7.07. The van der Waals surface area contributed by atoms with Gasteiger partial charge in [-0.15, -0.1) is 0 Å². The molecule has 0 saturated carbocycles. The fraction of sp³-hybridized carbons (Fsp3) is 0.231. The van der Waals surface area contributed by atoms with Crippen molar-refractivity contribution in [3.05, 3.63) is 66.0 Å². The van der Waals surface area contributed by atoms with E-state index in [4.69, 9.17) is 9.97 Å². The first-order valence-corrected chi connectivity index (χ1v) is 14.4. The Morgan fingerprint density at radius 3 is 2.65 bits per heavy atom. The van der Waals surface area contributed by atoms with E-state index in [0.29, 0.717) is 5.56 Å². The average molecular weight is 535 g/mol. The number of thiazole rings is 1. The third-order valence-corrected chi connectivity index (χ3v) is 8.17. The van der Waals surface area contributed by atoms with Gasteiger partial charge in [-0.05, 0) is 43.7 Å². The third kappa shape index (κ3) is 4.79. The number of aryl methyl sites for hydroxylation is 1. The maximum absolute atomic E-state index is 12.9. The smallest absolute Gasteiger partial charge is 0.251 e. The number of rotatable bonds is 7. The zero-order valence-electron chi connectivity index (χ0n) is 20.8. The number of carbonyl (C=O) groups is 1. The highest BCUT2D eigenvalue weighted by atomic mass is 32.2. The zero-order chi connectivity index (χ0) is 26.3. The molecule has 5 rings (SSSR count). The van der Waals surface area contributed by atoms with E-state index < -0.39 is 9.84 Å². The molecule has 9 nitrogen and oxygen atoms in total. The first-order valence-electron chi connectivity index (χ1n) is 11.7. The summed E-state index contributed by atoms with van der Waals surface area (Å²) in [7, 11) is -1.46. The topological polar surface area (TPSA) is 119 Å². The van der Waals surface area contributed by atoms with Crippen LogP contribution in [0.5, 0.6) is 0 Å². The molecule has 1 amide bonds. The Labute approximate surface area is 218 Å². The number of sulfone groups is 1. The Kier molecular flexibility index (Phi) is 6.42. The van der Waals surface area contributed by atoms with Crippen LogP contribution in [-0.2, 0) is 16.9 Å². The molecule has 0 radical (unpaired) electrons. The van der Waals surface area contributed by atoms with E-state index in [1.807, 2.05) is 49.7 Å². The predicted octanol–water partition coefficient (Wildman–Crippen LogP) is 4.57. The van der Waals surface area contributed by atoms with Gasteiger partial charge in [-0.3, -0.25) is 4.79 Å². The van der Waals surface area contributed by atoms with E-state index in [2.05, 4.69) is 15.6 Å². The highest BCUT2D eigenvalue weighted by Gasteiger charge is 2.19. The number of nitrogens with one attached hydrogen (secondary N) is 2. The summed E-state index contributed by atoms with van der Waals surface area (Å²) in [6.45, 7) is 4.64. The Morgan fingerprint density at radius 1 is 1.11 bits per heavy atom. The van der Waals surface area contributed by atoms with Crippen LogP contribution in [-0.4, -0.2) is 46.6 Å². The lowest BCUT2D eigenvalue weighted by molar-refractivity contribution is 0.0939. The van der Waals surface area contributed by atoms with E-state index in [-0.39, 0.29) is 16.8 Å². The van der Waals surface area contributed by atoms with Gasteiger partial charge in [0.2, 0.25) is 0 Å². The molecule has 0 bridgehead atoms. The van der Waals surface area contributed by atoms with Crippen molar-refractivity contribution in [2.24, 2.45) is 7.05 Å². The van der Waals surface area contributed by atoms with Crippen molar-refractivity contribution >= 4 is 54.3 Å². The largest absolute Gasteiger partial charge is 0.368 e. The van der Waals surface area contributed by atoms with Crippen molar-refractivity contribution in [2.75, 3.05) is 18.1 Å². The first kappa shape index (κ1) is 24.8. The SMILES string of the molecule is CCNc1nc2sc(-c3cccc([C@H](C)NC(=O)c4cccc(S(C)(=O)=O)c4)c3)nc2c2c1ncn2C. The second kappa shape index (κ2) is 9.56. The van der Waals surface area contributed by atoms with Crippen molar-refractivity contribution in [3.8, 4) is 10.6 Å². The molecule has 11 heteroatoms. The first-order chi connectivity index (χ1) is 17.7. The van der Waals surface area contributed by atoms with E-state index in [1.165, 1.54) is 23.5 Å². The fourth-order valence-electron chi connectivity index (χ4n) is 4.17. The number of nitrogens with zero attached hydrogens (tertiary/aromatic N) is 4. The normalized spacial score (nSPS) is 12.6. The van der Waals surface area contributed by atoms with E-state index in [0.717, 1.165) is 56.1 Å². The lowest BCUT2D eigenvalue weighted by atomic mass is 10.0. The summed E-state index contributed by atoms with van der Waals surface area (Å²) in [6.07, 6.45) is 2.89. The number of aromatic nitrogens is 4. The van der Waals surface area contributed by atoms with Crippen LogP contribution in [0, 0.1) is 0 Å². The number of hydrogen-bond acceptors (Lipinski definition) is 8. The van der Waals surface area contributed by atoms with E-state index in [1.54, 1.807) is 18.5 Å². The third-order valence-electron chi connectivity index (χ3n) is 6.06. The van der Waals surface area contributed by atoms with Crippen molar-refractivity contribution < 1.29 is 13.2 Å². The summed E-state index contributed by atoms with van der Waals surface area (Å²) in [5.41, 5.74) is 4.63. The molecule has 0 saturated heterocycles. The number of anilines is 1. The van der Waals surface area contributed by atoms with Crippen molar-refractivity contribution in [1.82, 2.24) is 24.8 Å². The van der Waals surface area contributed by atoms with Gasteiger partial charge in [0.1, 0.15) is 26.4 Å². The second-order valence-corrected chi connectivity index (χ2v) is 11.8. The van der Waals surface area contributed by atoms with Gasteiger partial charge < -0.3 is 15.2 Å². The number of carbonyl (C=O) groups excluding carboxylic acids is 1. The lowest BCUT2D eigenvalue weighted by Crippen LogP contribution is -2.26. The molecule has 1 atom stereocenters. The van der Waals surface area contributed by atoms with Crippen molar-refractivity contribution in [2.45, 2.75) is 24.8 Å². The molecule has 190 valence electrons. The standard InChI is InChI=1S/C26H26N6O3S2/c1-5-27-23-20-22(32(3)14-28-20)21-26(31-23)36-25(30-21)18-10-6-8-16(12-18)15(2)29-24(33)17-9-7-11-19(13-17)37(4,34)35/h6-15H,5H2,1-4H3,(H,27,31)(H,29,33)/t15-/m0/s1. The van der Waals surface area contributed by atoms with Gasteiger partial charge in [0.05, 0.1) is 17.3 Å². The number of amides is 1. The van der Waals surface area contributed by atoms with Gasteiger partial charge in [-0.2, -0.15) is 0 Å². The molecule has 0 fully saturated rings. The minimum absolute atomic E-state index is 0.110. The zero-order valence-corrected chi connectivity index (χ0v) is 22.4. The van der Waals surface area contributed by atoms with Crippen LogP contribution in [0.2, 0.25) is 0 Å². The highest BCUT2D eigenvalue weighted by molar-refractivity contribution is 7.90. The van der Waals surface area contributed by atoms with Crippen LogP contribution < -0.4 is 10.6 Å². The number of pyridine rings is 1. The van der Waals surface area contributed by atoms with Crippen LogP contribution in [0.1, 0.15) is 35.8 Å². The maximum Gasteiger partial charge on any atom is 0.251 e. The number of imidazole rings is 1. The Bertz CT molecular complexity index is 1760. The molecule has 0 aliphatic heterocycles. The Hall–Kier alpha value is -3.83. The summed E-state index contributed by atoms with van der Waals surface area (Å²) in [4.78, 5) is 28.0. The molecule has 5 aromatic rings. The molecule has 2 N–H and O–H groups in total. The van der Waals surface area contributed by atoms with Crippen LogP contribution in [0.3, 0.4) is 0 Å². The molecule has 0 aliphatic rings. The quantitative estimate of drug-likeness (QED) is 0.314. The molecule has 2 aromatic carbocycles. The van der Waals surface area contributed by atoms with Crippen molar-refractivity contribution in [3.63, 3.8) is 0 Å². The summed E-state index contributed by atoms with van der Waals surface area (Å²) in [5.74, 6) is 0.396. The van der Waals surface area contributed by atoms with Crippen LogP contribution in [0.25, 0.3) is 32.0 Å². The molecular weight excluding hydrogens is 508 g/mol. The van der Waals surface area contributed by atoms with Gasteiger partial charge in [0.25, 0.3) is 5.91 Å². The van der Waals surface area contributed by atoms with Gasteiger partial charge in [0.15, 0.2) is 15.7 Å². The highest BCUT2D eigenvalue weighted by Crippen LogP contribution is 2.35. The Morgan fingerprint density at radius 2 is 1.89 bits per heavy atom. The Balaban J connectivity index is 1.45. The number of benzene rings is 2. The lowest BCUT2D eigenvalue weighted by Gasteiger charge is -2.15. The second-order valence-electron chi connectivity index (χ2n) is 8.84. The van der Waals surface area contributed by atoms with E-state index in [9.17, 15) is 13.2 Å². The minimum atomic E-state index is -3.41. The molecule has 3 heterocycles. The van der Waals surface area contributed by atoms with Gasteiger partial charge in [-0.1, -0.05) is 35.6 Å². The maximum atomic E-state index is 12.9. The van der Waals surface area contributed by atoms with Crippen LogP contribution >= 0.6 is 11.3 Å². The molecular formula is C26H26N6O3S2. The minimum Gasteiger partial charge on any atom is -0.368 e. The average Bonchev–Trinajstić information content (AvgIpc) is 3.47. The monoisotopic (exact) mass is 534 g/mol. The van der Waals surface area contributed by atoms with E-state index >= 15 is 0 Å². The van der Waals surface area contributed by atoms with Gasteiger partial charge in [0, 0.05) is 31.0 Å². The molecule has 0 spiro atoms. The molecule has 37 heavy (non-hydrogen) atoms. The summed E-state index contributed by atoms with van der Waals surface area (Å²) < 4.78 is 25.7. The fourth-order valence-corrected chi connectivity index (χ4v) is 5.77. The number of fused-ring (bicyclic) bond motifs is 3. The van der Waals surface area contributed by atoms with Crippen molar-refractivity contribution in [1.29, 1.82) is 0 Å². The summed E-state index contributed by atoms with van der Waals surface area (Å²) >= 11 is 1.50. The van der Waals surface area contributed by atoms with Gasteiger partial charge in [-0.25, -0.2) is 23.4 Å². The summed E-state index contributed by atoms with van der Waals surface area (Å²) in [6, 6.07) is 13.6. The van der Waals surface area contributed by atoms with Crippen LogP contribution in [0.15, 0.2) is 59.8 Å². The predicted molar refractivity (Wildman–Crippen MR) is 147 cm³/mol. The van der Waals surface area contributed by atoms with Crippen LogP contribution in [0.4, 0.5) is 5.82 Å². The number of hydrogen-bond donors (Lipinski definition) is 2.